The highest BCUT2D eigenvalue weighted by Crippen LogP contribution is 2.29. The van der Waals surface area contributed by atoms with Crippen LogP contribution < -0.4 is 15.4 Å². The lowest BCUT2D eigenvalue weighted by Gasteiger charge is -2.29. The largest absolute Gasteiger partial charge is 0.444 e. The lowest BCUT2D eigenvalue weighted by molar-refractivity contribution is -0.124. The molecule has 2 amide bonds. The van der Waals surface area contributed by atoms with E-state index in [-0.39, 0.29) is 23.4 Å². The first-order valence-corrected chi connectivity index (χ1v) is 14.4. The third-order valence-corrected chi connectivity index (χ3v) is 7.71. The Morgan fingerprint density at radius 1 is 1.05 bits per heavy atom. The molecule has 0 radical (unpaired) electrons. The van der Waals surface area contributed by atoms with Gasteiger partial charge in [0, 0.05) is 6.54 Å². The first-order valence-electron chi connectivity index (χ1n) is 12.9. The van der Waals surface area contributed by atoms with Crippen molar-refractivity contribution in [1.29, 1.82) is 0 Å². The summed E-state index contributed by atoms with van der Waals surface area (Å²) >= 11 is 0. The van der Waals surface area contributed by atoms with E-state index < -0.39 is 27.8 Å². The molecule has 37 heavy (non-hydrogen) atoms. The topological polar surface area (TPSA) is 114 Å². The molecule has 0 aliphatic heterocycles. The van der Waals surface area contributed by atoms with Crippen LogP contribution in [0, 0.1) is 6.92 Å². The predicted molar refractivity (Wildman–Crippen MR) is 144 cm³/mol. The number of carbonyl (C=O) groups excluding carboxylic acids is 2. The van der Waals surface area contributed by atoms with Crippen molar-refractivity contribution in [3.8, 4) is 0 Å². The zero-order valence-corrected chi connectivity index (χ0v) is 23.0. The van der Waals surface area contributed by atoms with Crippen molar-refractivity contribution in [2.75, 3.05) is 6.54 Å². The van der Waals surface area contributed by atoms with E-state index in [0.717, 1.165) is 30.4 Å². The molecule has 2 atom stereocenters. The van der Waals surface area contributed by atoms with Gasteiger partial charge in [0.2, 0.25) is 15.9 Å². The summed E-state index contributed by atoms with van der Waals surface area (Å²) in [5.74, 6) is -0.271. The van der Waals surface area contributed by atoms with Crippen molar-refractivity contribution in [2.45, 2.75) is 88.8 Å². The van der Waals surface area contributed by atoms with E-state index in [0.29, 0.717) is 19.3 Å². The van der Waals surface area contributed by atoms with Crippen molar-refractivity contribution in [1.82, 2.24) is 15.4 Å². The van der Waals surface area contributed by atoms with Gasteiger partial charge in [-0.1, -0.05) is 42.0 Å². The van der Waals surface area contributed by atoms with Crippen LogP contribution in [0.25, 0.3) is 0 Å². The standard InChI is InChI=1S/C28H39N3O5S/c1-20-15-17-22(18-16-20)37(34,35)29-19-8-7-13-25(31-27(33)36-28(2,3)4)26(32)30-24-14-9-11-21-10-5-6-12-23(21)24/h5-6,10,12,15-18,24-25,29H,7-9,11,13-14,19H2,1-4H3,(H,30,32)(H,31,33)/t24?,25-/m0/s1. The van der Waals surface area contributed by atoms with Gasteiger partial charge >= 0.3 is 6.09 Å². The number of aryl methyl sites for hydroxylation is 2. The molecule has 3 rings (SSSR count). The summed E-state index contributed by atoms with van der Waals surface area (Å²) in [6.07, 6.45) is 3.54. The van der Waals surface area contributed by atoms with Crippen molar-refractivity contribution in [3.05, 3.63) is 65.2 Å². The summed E-state index contributed by atoms with van der Waals surface area (Å²) in [5.41, 5.74) is 2.64. The molecule has 2 aromatic carbocycles. The summed E-state index contributed by atoms with van der Waals surface area (Å²) < 4.78 is 33.0. The van der Waals surface area contributed by atoms with E-state index in [1.807, 2.05) is 25.1 Å². The molecule has 1 aliphatic rings. The number of benzene rings is 2. The van der Waals surface area contributed by atoms with Crippen LogP contribution in [0.5, 0.6) is 0 Å². The maximum absolute atomic E-state index is 13.3. The van der Waals surface area contributed by atoms with Gasteiger partial charge in [-0.25, -0.2) is 17.9 Å². The molecule has 0 fully saturated rings. The Labute approximate surface area is 220 Å². The number of nitrogens with one attached hydrogen (secondary N) is 3. The number of amides is 2. The Hall–Kier alpha value is -2.91. The number of rotatable bonds is 10. The number of hydrogen-bond donors (Lipinski definition) is 3. The van der Waals surface area contributed by atoms with Gasteiger partial charge in [-0.2, -0.15) is 0 Å². The molecular weight excluding hydrogens is 490 g/mol. The van der Waals surface area contributed by atoms with Gasteiger partial charge in [0.1, 0.15) is 11.6 Å². The Morgan fingerprint density at radius 2 is 1.76 bits per heavy atom. The minimum absolute atomic E-state index is 0.110. The van der Waals surface area contributed by atoms with Gasteiger partial charge < -0.3 is 15.4 Å². The van der Waals surface area contributed by atoms with Crippen LogP contribution in [0.3, 0.4) is 0 Å². The summed E-state index contributed by atoms with van der Waals surface area (Å²) in [5, 5.41) is 5.83. The SMILES string of the molecule is Cc1ccc(S(=O)(=O)NCCCC[C@H](NC(=O)OC(C)(C)C)C(=O)NC2CCCc3ccccc32)cc1. The maximum atomic E-state index is 13.3. The molecular formula is C28H39N3O5S. The molecule has 202 valence electrons. The monoisotopic (exact) mass is 529 g/mol. The summed E-state index contributed by atoms with van der Waals surface area (Å²) in [6.45, 7) is 7.42. The maximum Gasteiger partial charge on any atom is 0.408 e. The van der Waals surface area contributed by atoms with E-state index >= 15 is 0 Å². The summed E-state index contributed by atoms with van der Waals surface area (Å²) in [7, 11) is -3.60. The van der Waals surface area contributed by atoms with E-state index in [2.05, 4.69) is 21.4 Å². The van der Waals surface area contributed by atoms with Gasteiger partial charge in [-0.3, -0.25) is 4.79 Å². The average molecular weight is 530 g/mol. The number of hydrogen-bond acceptors (Lipinski definition) is 5. The van der Waals surface area contributed by atoms with Gasteiger partial charge in [0.05, 0.1) is 10.9 Å². The molecule has 2 aromatic rings. The first-order chi connectivity index (χ1) is 17.4. The van der Waals surface area contributed by atoms with Gasteiger partial charge in [-0.15, -0.1) is 0 Å². The highest BCUT2D eigenvalue weighted by molar-refractivity contribution is 7.89. The Balaban J connectivity index is 1.58. The fourth-order valence-corrected chi connectivity index (χ4v) is 5.45. The lowest BCUT2D eigenvalue weighted by atomic mass is 9.87. The number of sulfonamides is 1. The minimum atomic E-state index is -3.60. The second kappa shape index (κ2) is 12.6. The highest BCUT2D eigenvalue weighted by Gasteiger charge is 2.28. The zero-order valence-electron chi connectivity index (χ0n) is 22.2. The van der Waals surface area contributed by atoms with Crippen molar-refractivity contribution >= 4 is 22.0 Å². The summed E-state index contributed by atoms with van der Waals surface area (Å²) in [6, 6.07) is 13.9. The quantitative estimate of drug-likeness (QED) is 0.391. The minimum Gasteiger partial charge on any atom is -0.444 e. The van der Waals surface area contributed by atoms with Crippen molar-refractivity contribution in [2.24, 2.45) is 0 Å². The molecule has 9 heteroatoms. The average Bonchev–Trinajstić information content (AvgIpc) is 2.82. The predicted octanol–water partition coefficient (Wildman–Crippen LogP) is 4.53. The van der Waals surface area contributed by atoms with Crippen LogP contribution in [-0.2, 0) is 26.0 Å². The number of unbranched alkanes of at least 4 members (excludes halogenated alkanes) is 1. The second-order valence-electron chi connectivity index (χ2n) is 10.6. The zero-order chi connectivity index (χ0) is 27.1. The molecule has 0 bridgehead atoms. The fourth-order valence-electron chi connectivity index (χ4n) is 4.38. The van der Waals surface area contributed by atoms with Crippen LogP contribution >= 0.6 is 0 Å². The van der Waals surface area contributed by atoms with Gasteiger partial charge in [0.25, 0.3) is 0 Å². The molecule has 0 saturated carbocycles. The number of fused-ring (bicyclic) bond motifs is 1. The first kappa shape index (κ1) is 28.7. The normalized spacial score (nSPS) is 16.4. The fraction of sp³-hybridized carbons (Fsp3) is 0.500. The summed E-state index contributed by atoms with van der Waals surface area (Å²) in [4.78, 5) is 25.9. The molecule has 0 saturated heterocycles. The highest BCUT2D eigenvalue weighted by atomic mass is 32.2. The van der Waals surface area contributed by atoms with E-state index in [4.69, 9.17) is 4.74 Å². The van der Waals surface area contributed by atoms with Crippen molar-refractivity contribution in [3.63, 3.8) is 0 Å². The molecule has 1 aliphatic carbocycles. The third-order valence-electron chi connectivity index (χ3n) is 6.24. The second-order valence-corrected chi connectivity index (χ2v) is 12.3. The molecule has 8 nitrogen and oxygen atoms in total. The molecule has 3 N–H and O–H groups in total. The van der Waals surface area contributed by atoms with Crippen molar-refractivity contribution < 1.29 is 22.7 Å². The Kier molecular flexibility index (Phi) is 9.73. The molecule has 0 heterocycles. The van der Waals surface area contributed by atoms with Crippen LogP contribution in [0.4, 0.5) is 4.79 Å². The van der Waals surface area contributed by atoms with Gasteiger partial charge in [0.15, 0.2) is 0 Å². The molecule has 1 unspecified atom stereocenters. The number of alkyl carbamates (subject to hydrolysis) is 1. The Morgan fingerprint density at radius 3 is 2.46 bits per heavy atom. The molecule has 0 spiro atoms. The van der Waals surface area contributed by atoms with E-state index in [9.17, 15) is 18.0 Å². The smallest absolute Gasteiger partial charge is 0.408 e. The van der Waals surface area contributed by atoms with Crippen LogP contribution in [0.15, 0.2) is 53.4 Å². The van der Waals surface area contributed by atoms with Crippen LogP contribution in [0.1, 0.15) is 75.6 Å². The molecule has 0 aromatic heterocycles. The van der Waals surface area contributed by atoms with Crippen LogP contribution in [-0.4, -0.2) is 38.6 Å². The third kappa shape index (κ3) is 8.86. The number of carbonyl (C=O) groups is 2. The van der Waals surface area contributed by atoms with Gasteiger partial charge in [-0.05, 0) is 89.5 Å². The number of ether oxygens (including phenoxy) is 1. The van der Waals surface area contributed by atoms with E-state index in [1.165, 1.54) is 5.56 Å². The van der Waals surface area contributed by atoms with E-state index in [1.54, 1.807) is 45.0 Å². The lowest BCUT2D eigenvalue weighted by Crippen LogP contribution is -2.49. The van der Waals surface area contributed by atoms with Crippen LogP contribution in [0.2, 0.25) is 0 Å². The Bertz CT molecular complexity index is 1170.